The van der Waals surface area contributed by atoms with Crippen molar-refractivity contribution in [1.29, 1.82) is 0 Å². The number of likely N-dealkylation sites (tertiary alicyclic amines) is 1. The van der Waals surface area contributed by atoms with E-state index in [4.69, 9.17) is 0 Å². The molecule has 1 amide bonds. The lowest BCUT2D eigenvalue weighted by molar-refractivity contribution is 0.0908. The molecule has 1 aromatic heterocycles. The van der Waals surface area contributed by atoms with Crippen LogP contribution in [0.4, 0.5) is 0 Å². The number of fused-ring (bicyclic) bond motifs is 1. The van der Waals surface area contributed by atoms with Gasteiger partial charge >= 0.3 is 0 Å². The van der Waals surface area contributed by atoms with Crippen LogP contribution >= 0.6 is 0 Å². The Balaban J connectivity index is 1.32. The first-order valence-corrected chi connectivity index (χ1v) is 9.11. The summed E-state index contributed by atoms with van der Waals surface area (Å²) in [5.74, 6) is 1.36. The van der Waals surface area contributed by atoms with Crippen molar-refractivity contribution >= 4 is 5.91 Å². The Hall–Kier alpha value is -2.27. The van der Waals surface area contributed by atoms with Crippen LogP contribution in [0.15, 0.2) is 48.9 Å². The highest BCUT2D eigenvalue weighted by molar-refractivity contribution is 5.92. The van der Waals surface area contributed by atoms with Crippen LogP contribution < -0.4 is 5.32 Å². The molecular weight excluding hydrogens is 312 g/mol. The second kappa shape index (κ2) is 7.31. The van der Waals surface area contributed by atoms with E-state index >= 15 is 0 Å². The van der Waals surface area contributed by atoms with E-state index in [0.717, 1.165) is 31.8 Å². The van der Waals surface area contributed by atoms with Gasteiger partial charge in [-0.1, -0.05) is 30.3 Å². The molecule has 5 nitrogen and oxygen atoms in total. The van der Waals surface area contributed by atoms with Gasteiger partial charge in [0.15, 0.2) is 0 Å². The fourth-order valence-electron chi connectivity index (χ4n) is 4.31. The van der Waals surface area contributed by atoms with Gasteiger partial charge in [0.2, 0.25) is 0 Å². The predicted octanol–water partition coefficient (Wildman–Crippen LogP) is 2.51. The summed E-state index contributed by atoms with van der Waals surface area (Å²) >= 11 is 0. The van der Waals surface area contributed by atoms with Crippen molar-refractivity contribution in [3.8, 4) is 0 Å². The van der Waals surface area contributed by atoms with E-state index in [1.54, 1.807) is 12.4 Å². The molecule has 4 rings (SSSR count). The molecule has 1 saturated heterocycles. The summed E-state index contributed by atoms with van der Waals surface area (Å²) in [6.07, 6.45) is 8.00. The third kappa shape index (κ3) is 3.87. The minimum Gasteiger partial charge on any atom is -0.348 e. The van der Waals surface area contributed by atoms with Crippen molar-refractivity contribution in [3.63, 3.8) is 0 Å². The molecule has 0 radical (unpaired) electrons. The summed E-state index contributed by atoms with van der Waals surface area (Å²) in [5, 5.41) is 3.15. The standard InChI is InChI=1S/C20H24N4O/c25-20(19-11-21-8-9-22-19)23-18-7-6-16-13-24(14-17(16)10-18)12-15-4-2-1-3-5-15/h1-5,8-9,11,16-18H,6-7,10,12-14H2,(H,23,25)/t16-,17+,18?/m1/s1. The summed E-state index contributed by atoms with van der Waals surface area (Å²) < 4.78 is 0. The zero-order valence-corrected chi connectivity index (χ0v) is 14.3. The van der Waals surface area contributed by atoms with Crippen molar-refractivity contribution in [2.75, 3.05) is 13.1 Å². The Morgan fingerprint density at radius 1 is 1.12 bits per heavy atom. The van der Waals surface area contributed by atoms with E-state index in [0.29, 0.717) is 11.6 Å². The molecule has 1 aromatic carbocycles. The first-order chi connectivity index (χ1) is 12.3. The summed E-state index contributed by atoms with van der Waals surface area (Å²) in [4.78, 5) is 22.9. The average molecular weight is 336 g/mol. The highest BCUT2D eigenvalue weighted by Gasteiger charge is 2.38. The maximum absolute atomic E-state index is 12.3. The summed E-state index contributed by atoms with van der Waals surface area (Å²) in [6, 6.07) is 10.9. The molecule has 25 heavy (non-hydrogen) atoms. The molecule has 3 atom stereocenters. The molecule has 1 N–H and O–H groups in total. The second-order valence-corrected chi connectivity index (χ2v) is 7.27. The first kappa shape index (κ1) is 16.2. The van der Waals surface area contributed by atoms with Gasteiger partial charge in [0, 0.05) is 38.1 Å². The zero-order chi connectivity index (χ0) is 17.1. The highest BCUT2D eigenvalue weighted by atomic mass is 16.1. The van der Waals surface area contributed by atoms with Crippen LogP contribution in [0.1, 0.15) is 35.3 Å². The topological polar surface area (TPSA) is 58.1 Å². The summed E-state index contributed by atoms with van der Waals surface area (Å²) in [7, 11) is 0. The minimum absolute atomic E-state index is 0.101. The largest absolute Gasteiger partial charge is 0.348 e. The van der Waals surface area contributed by atoms with Crippen molar-refractivity contribution in [2.45, 2.75) is 31.8 Å². The molecular formula is C20H24N4O. The molecule has 1 aliphatic carbocycles. The number of benzene rings is 1. The third-order valence-corrected chi connectivity index (χ3v) is 5.51. The molecule has 2 fully saturated rings. The third-order valence-electron chi connectivity index (χ3n) is 5.51. The van der Waals surface area contributed by atoms with Crippen LogP contribution in [0, 0.1) is 11.8 Å². The number of carbonyl (C=O) groups excluding carboxylic acids is 1. The SMILES string of the molecule is O=C(NC1CC[C@@H]2CN(Cc3ccccc3)C[C@@H]2C1)c1cnccn1. The van der Waals surface area contributed by atoms with Crippen LogP contribution in [-0.2, 0) is 6.54 Å². The molecule has 2 heterocycles. The van der Waals surface area contributed by atoms with Gasteiger partial charge in [-0.3, -0.25) is 14.7 Å². The second-order valence-electron chi connectivity index (χ2n) is 7.27. The van der Waals surface area contributed by atoms with Crippen molar-refractivity contribution in [1.82, 2.24) is 20.2 Å². The van der Waals surface area contributed by atoms with Gasteiger partial charge in [-0.2, -0.15) is 0 Å². The Kier molecular flexibility index (Phi) is 4.74. The van der Waals surface area contributed by atoms with Gasteiger partial charge in [0.25, 0.3) is 5.91 Å². The van der Waals surface area contributed by atoms with Gasteiger partial charge in [-0.25, -0.2) is 4.98 Å². The Bertz CT molecular complexity index is 706. The molecule has 1 aliphatic heterocycles. The zero-order valence-electron chi connectivity index (χ0n) is 14.3. The fraction of sp³-hybridized carbons (Fsp3) is 0.450. The smallest absolute Gasteiger partial charge is 0.271 e. The van der Waals surface area contributed by atoms with Crippen LogP contribution in [-0.4, -0.2) is 39.9 Å². The van der Waals surface area contributed by atoms with Gasteiger partial charge in [0.05, 0.1) is 6.20 Å². The van der Waals surface area contributed by atoms with E-state index in [1.165, 1.54) is 24.7 Å². The van der Waals surface area contributed by atoms with Gasteiger partial charge < -0.3 is 5.32 Å². The van der Waals surface area contributed by atoms with E-state index < -0.39 is 0 Å². The van der Waals surface area contributed by atoms with Crippen LogP contribution in [0.3, 0.4) is 0 Å². The normalized spacial score (nSPS) is 26.2. The molecule has 130 valence electrons. The van der Waals surface area contributed by atoms with Crippen molar-refractivity contribution in [3.05, 3.63) is 60.2 Å². The van der Waals surface area contributed by atoms with Gasteiger partial charge in [0.1, 0.15) is 5.69 Å². The lowest BCUT2D eigenvalue weighted by Gasteiger charge is -2.31. The maximum atomic E-state index is 12.3. The van der Waals surface area contributed by atoms with E-state index in [1.807, 2.05) is 0 Å². The maximum Gasteiger partial charge on any atom is 0.271 e. The lowest BCUT2D eigenvalue weighted by atomic mass is 9.79. The summed E-state index contributed by atoms with van der Waals surface area (Å²) in [6.45, 7) is 3.35. The van der Waals surface area contributed by atoms with Crippen LogP contribution in [0.25, 0.3) is 0 Å². The Morgan fingerprint density at radius 2 is 1.96 bits per heavy atom. The molecule has 2 aliphatic rings. The van der Waals surface area contributed by atoms with E-state index in [9.17, 15) is 4.79 Å². The molecule has 1 unspecified atom stereocenters. The number of rotatable bonds is 4. The molecule has 5 heteroatoms. The number of amides is 1. The van der Waals surface area contributed by atoms with Gasteiger partial charge in [-0.05, 0) is 36.7 Å². The number of carbonyl (C=O) groups is 1. The molecule has 1 saturated carbocycles. The average Bonchev–Trinajstić information content (AvgIpc) is 3.04. The number of hydrogen-bond donors (Lipinski definition) is 1. The van der Waals surface area contributed by atoms with Crippen molar-refractivity contribution in [2.24, 2.45) is 11.8 Å². The predicted molar refractivity (Wildman–Crippen MR) is 95.8 cm³/mol. The lowest BCUT2D eigenvalue weighted by Crippen LogP contribution is -2.40. The number of aromatic nitrogens is 2. The first-order valence-electron chi connectivity index (χ1n) is 9.11. The van der Waals surface area contributed by atoms with E-state index in [2.05, 4.69) is 50.5 Å². The number of nitrogens with zero attached hydrogens (tertiary/aromatic N) is 3. The quantitative estimate of drug-likeness (QED) is 0.932. The molecule has 2 aromatic rings. The number of nitrogens with one attached hydrogen (secondary N) is 1. The molecule has 0 bridgehead atoms. The van der Waals surface area contributed by atoms with Crippen LogP contribution in [0.2, 0.25) is 0 Å². The van der Waals surface area contributed by atoms with Crippen molar-refractivity contribution < 1.29 is 4.79 Å². The minimum atomic E-state index is -0.101. The Morgan fingerprint density at radius 3 is 2.76 bits per heavy atom. The fourth-order valence-corrected chi connectivity index (χ4v) is 4.31. The molecule has 0 spiro atoms. The highest BCUT2D eigenvalue weighted by Crippen LogP contribution is 2.36. The number of hydrogen-bond acceptors (Lipinski definition) is 4. The van der Waals surface area contributed by atoms with Gasteiger partial charge in [-0.15, -0.1) is 0 Å². The Labute approximate surface area is 148 Å². The van der Waals surface area contributed by atoms with E-state index in [-0.39, 0.29) is 11.9 Å². The summed E-state index contributed by atoms with van der Waals surface area (Å²) in [5.41, 5.74) is 1.79. The monoisotopic (exact) mass is 336 g/mol. The van der Waals surface area contributed by atoms with Crippen LogP contribution in [0.5, 0.6) is 0 Å².